The first kappa shape index (κ1) is 15.2. The van der Waals surface area contributed by atoms with Gasteiger partial charge in [0.2, 0.25) is 11.8 Å². The maximum Gasteiger partial charge on any atom is 0.307 e. The molecule has 1 rings (SSSR count). The van der Waals surface area contributed by atoms with Gasteiger partial charge in [-0.25, -0.2) is 0 Å². The number of nitrogens with one attached hydrogen (secondary N) is 1. The molecule has 6 nitrogen and oxygen atoms in total. The summed E-state index contributed by atoms with van der Waals surface area (Å²) in [6.45, 7) is 0.443. The van der Waals surface area contributed by atoms with Crippen molar-refractivity contribution in [1.29, 1.82) is 0 Å². The van der Waals surface area contributed by atoms with Crippen molar-refractivity contribution in [2.75, 3.05) is 6.54 Å². The first-order chi connectivity index (χ1) is 9.02. The van der Waals surface area contributed by atoms with Crippen LogP contribution in [0.15, 0.2) is 12.2 Å². The third-order valence-corrected chi connectivity index (χ3v) is 3.24. The van der Waals surface area contributed by atoms with E-state index in [-0.39, 0.29) is 11.8 Å². The second kappa shape index (κ2) is 7.56. The number of carbonyl (C=O) groups excluding carboxylic acids is 2. The predicted molar refractivity (Wildman–Crippen MR) is 69.0 cm³/mol. The molecule has 6 heteroatoms. The molecule has 2 atom stereocenters. The van der Waals surface area contributed by atoms with E-state index in [1.807, 2.05) is 6.08 Å². The summed E-state index contributed by atoms with van der Waals surface area (Å²) in [6, 6.07) is 0. The highest BCUT2D eigenvalue weighted by Gasteiger charge is 2.33. The van der Waals surface area contributed by atoms with Crippen molar-refractivity contribution in [2.45, 2.75) is 32.1 Å². The molecular weight excluding hydrogens is 248 g/mol. The lowest BCUT2D eigenvalue weighted by Crippen LogP contribution is -2.39. The number of hydrogen-bond acceptors (Lipinski definition) is 3. The van der Waals surface area contributed by atoms with Crippen molar-refractivity contribution < 1.29 is 19.5 Å². The number of aliphatic carboxylic acids is 1. The Morgan fingerprint density at radius 3 is 2.37 bits per heavy atom. The van der Waals surface area contributed by atoms with Gasteiger partial charge < -0.3 is 16.2 Å². The van der Waals surface area contributed by atoms with Gasteiger partial charge in [0.1, 0.15) is 0 Å². The molecular formula is C13H20N2O4. The van der Waals surface area contributed by atoms with Gasteiger partial charge in [-0.2, -0.15) is 0 Å². The standard InChI is InChI=1S/C13H20N2O4/c14-11(16)7-3-4-8-15-12(17)9-5-1-2-6-10(9)13(18)19/h1-2,9-10H,3-8H2,(H2,14,16)(H,15,17)(H,18,19). The molecule has 0 aromatic heterocycles. The summed E-state index contributed by atoms with van der Waals surface area (Å²) in [4.78, 5) is 33.5. The highest BCUT2D eigenvalue weighted by Crippen LogP contribution is 2.25. The molecule has 2 amide bonds. The van der Waals surface area contributed by atoms with E-state index in [0.29, 0.717) is 38.6 Å². The molecule has 0 fully saturated rings. The fraction of sp³-hybridized carbons (Fsp3) is 0.615. The number of unbranched alkanes of at least 4 members (excludes halogenated alkanes) is 1. The quantitative estimate of drug-likeness (QED) is 0.459. The van der Waals surface area contributed by atoms with Crippen molar-refractivity contribution in [1.82, 2.24) is 5.32 Å². The van der Waals surface area contributed by atoms with E-state index in [0.717, 1.165) is 0 Å². The van der Waals surface area contributed by atoms with E-state index >= 15 is 0 Å². The maximum atomic E-state index is 11.9. The van der Waals surface area contributed by atoms with E-state index < -0.39 is 17.8 Å². The molecule has 19 heavy (non-hydrogen) atoms. The van der Waals surface area contributed by atoms with Gasteiger partial charge in [0.15, 0.2) is 0 Å². The zero-order valence-electron chi connectivity index (χ0n) is 10.8. The summed E-state index contributed by atoms with van der Waals surface area (Å²) in [5.74, 6) is -2.65. The van der Waals surface area contributed by atoms with Gasteiger partial charge in [0, 0.05) is 13.0 Å². The maximum absolute atomic E-state index is 11.9. The number of allylic oxidation sites excluding steroid dienone is 2. The monoisotopic (exact) mass is 268 g/mol. The number of carboxylic acid groups (broad SMARTS) is 1. The fourth-order valence-corrected chi connectivity index (χ4v) is 2.14. The Morgan fingerprint density at radius 2 is 1.79 bits per heavy atom. The van der Waals surface area contributed by atoms with Crippen LogP contribution in [0, 0.1) is 11.8 Å². The highest BCUT2D eigenvalue weighted by molar-refractivity contribution is 5.85. The summed E-state index contributed by atoms with van der Waals surface area (Å²) in [5.41, 5.74) is 5.00. The molecule has 0 bridgehead atoms. The minimum Gasteiger partial charge on any atom is -0.481 e. The Labute approximate surface area is 112 Å². The third kappa shape index (κ3) is 5.11. The van der Waals surface area contributed by atoms with Crippen molar-refractivity contribution in [3.05, 3.63) is 12.2 Å². The third-order valence-electron chi connectivity index (χ3n) is 3.24. The Bertz CT molecular complexity index is 379. The molecule has 1 aliphatic carbocycles. The summed E-state index contributed by atoms with van der Waals surface area (Å²) < 4.78 is 0. The minimum absolute atomic E-state index is 0.226. The first-order valence-electron chi connectivity index (χ1n) is 6.46. The van der Waals surface area contributed by atoms with Gasteiger partial charge >= 0.3 is 5.97 Å². The first-order valence-corrected chi connectivity index (χ1v) is 6.46. The number of amides is 2. The van der Waals surface area contributed by atoms with Crippen LogP contribution >= 0.6 is 0 Å². The Hall–Kier alpha value is -1.85. The number of carbonyl (C=O) groups is 3. The van der Waals surface area contributed by atoms with Crippen molar-refractivity contribution in [2.24, 2.45) is 17.6 Å². The number of rotatable bonds is 7. The topological polar surface area (TPSA) is 109 Å². The van der Waals surface area contributed by atoms with Crippen LogP contribution in [0.5, 0.6) is 0 Å². The molecule has 0 radical (unpaired) electrons. The molecule has 2 unspecified atom stereocenters. The Kier molecular flexibility index (Phi) is 6.05. The molecule has 106 valence electrons. The van der Waals surface area contributed by atoms with Gasteiger partial charge in [-0.3, -0.25) is 14.4 Å². The summed E-state index contributed by atoms with van der Waals surface area (Å²) in [7, 11) is 0. The average Bonchev–Trinajstić information content (AvgIpc) is 2.37. The smallest absolute Gasteiger partial charge is 0.307 e. The van der Waals surface area contributed by atoms with E-state index in [1.54, 1.807) is 6.08 Å². The number of primary amides is 1. The van der Waals surface area contributed by atoms with Crippen molar-refractivity contribution in [3.63, 3.8) is 0 Å². The van der Waals surface area contributed by atoms with Gasteiger partial charge in [-0.1, -0.05) is 12.2 Å². The van der Waals surface area contributed by atoms with Crippen molar-refractivity contribution in [3.8, 4) is 0 Å². The summed E-state index contributed by atoms with van der Waals surface area (Å²) >= 11 is 0. The van der Waals surface area contributed by atoms with Crippen LogP contribution in [-0.4, -0.2) is 29.4 Å². The molecule has 1 aliphatic rings. The molecule has 0 aromatic rings. The van der Waals surface area contributed by atoms with Gasteiger partial charge in [0.25, 0.3) is 0 Å². The highest BCUT2D eigenvalue weighted by atomic mass is 16.4. The Morgan fingerprint density at radius 1 is 1.16 bits per heavy atom. The zero-order valence-corrected chi connectivity index (χ0v) is 10.8. The average molecular weight is 268 g/mol. The lowest BCUT2D eigenvalue weighted by atomic mass is 9.82. The van der Waals surface area contributed by atoms with Crippen LogP contribution < -0.4 is 11.1 Å². The molecule has 4 N–H and O–H groups in total. The lowest BCUT2D eigenvalue weighted by molar-refractivity contribution is -0.147. The number of carboxylic acids is 1. The van der Waals surface area contributed by atoms with Gasteiger partial charge in [-0.15, -0.1) is 0 Å². The molecule has 0 aliphatic heterocycles. The molecule has 0 aromatic carbocycles. The molecule has 0 heterocycles. The summed E-state index contributed by atoms with van der Waals surface area (Å²) in [5, 5.41) is 11.8. The molecule has 0 spiro atoms. The normalized spacial score (nSPS) is 21.9. The van der Waals surface area contributed by atoms with E-state index in [1.165, 1.54) is 0 Å². The second-order valence-corrected chi connectivity index (χ2v) is 4.71. The zero-order chi connectivity index (χ0) is 14.3. The van der Waals surface area contributed by atoms with E-state index in [2.05, 4.69) is 5.32 Å². The number of hydrogen-bond donors (Lipinski definition) is 3. The second-order valence-electron chi connectivity index (χ2n) is 4.71. The van der Waals surface area contributed by atoms with Gasteiger partial charge in [-0.05, 0) is 25.7 Å². The van der Waals surface area contributed by atoms with Crippen LogP contribution in [0.3, 0.4) is 0 Å². The number of nitrogens with two attached hydrogens (primary N) is 1. The molecule has 0 saturated heterocycles. The largest absolute Gasteiger partial charge is 0.481 e. The van der Waals surface area contributed by atoms with Crippen LogP contribution in [-0.2, 0) is 14.4 Å². The fourth-order valence-electron chi connectivity index (χ4n) is 2.14. The van der Waals surface area contributed by atoms with Crippen LogP contribution in [0.25, 0.3) is 0 Å². The summed E-state index contributed by atoms with van der Waals surface area (Å²) in [6.07, 6.45) is 6.10. The van der Waals surface area contributed by atoms with Gasteiger partial charge in [0.05, 0.1) is 11.8 Å². The van der Waals surface area contributed by atoms with E-state index in [9.17, 15) is 14.4 Å². The predicted octanol–water partition coefficient (Wildman–Crippen LogP) is 0.425. The van der Waals surface area contributed by atoms with Crippen molar-refractivity contribution >= 4 is 17.8 Å². The minimum atomic E-state index is -0.932. The van der Waals surface area contributed by atoms with Crippen LogP contribution in [0.2, 0.25) is 0 Å². The Balaban J connectivity index is 2.33. The SMILES string of the molecule is NC(=O)CCCCNC(=O)C1CC=CCC1C(=O)O. The van der Waals surface area contributed by atoms with Crippen LogP contribution in [0.1, 0.15) is 32.1 Å². The van der Waals surface area contributed by atoms with Crippen LogP contribution in [0.4, 0.5) is 0 Å². The molecule has 0 saturated carbocycles. The van der Waals surface area contributed by atoms with E-state index in [4.69, 9.17) is 10.8 Å². The lowest BCUT2D eigenvalue weighted by Gasteiger charge is -2.24.